The predicted molar refractivity (Wildman–Crippen MR) is 104 cm³/mol. The van der Waals surface area contributed by atoms with Crippen molar-refractivity contribution in [2.24, 2.45) is 0 Å². The summed E-state index contributed by atoms with van der Waals surface area (Å²) in [5, 5.41) is 2.83. The Kier molecular flexibility index (Phi) is 6.21. The number of amides is 1. The minimum Gasteiger partial charge on any atom is -0.463 e. The van der Waals surface area contributed by atoms with Crippen molar-refractivity contribution in [2.75, 3.05) is 0 Å². The number of ether oxygens (including phenoxy) is 1. The first kappa shape index (κ1) is 20.4. The van der Waals surface area contributed by atoms with Crippen molar-refractivity contribution in [3.63, 3.8) is 0 Å². The van der Waals surface area contributed by atoms with E-state index in [1.807, 2.05) is 18.2 Å². The summed E-state index contributed by atoms with van der Waals surface area (Å²) >= 11 is 0. The van der Waals surface area contributed by atoms with Gasteiger partial charge in [0.25, 0.3) is 12.3 Å². The molecule has 0 radical (unpaired) electrons. The summed E-state index contributed by atoms with van der Waals surface area (Å²) in [7, 11) is 0. The molecule has 8 heteroatoms. The predicted octanol–water partition coefficient (Wildman–Crippen LogP) is 4.31. The average molecular weight is 401 g/mol. The number of carbonyl (C=O) groups is 2. The Morgan fingerprint density at radius 1 is 1.14 bits per heavy atom. The molecular formula is C21H21F2N3O3. The molecular weight excluding hydrogens is 380 g/mol. The average Bonchev–Trinajstić information content (AvgIpc) is 3.11. The molecule has 1 unspecified atom stereocenters. The fourth-order valence-corrected chi connectivity index (χ4v) is 2.93. The van der Waals surface area contributed by atoms with E-state index >= 15 is 0 Å². The van der Waals surface area contributed by atoms with E-state index < -0.39 is 30.2 Å². The number of benzene rings is 2. The van der Waals surface area contributed by atoms with Crippen LogP contribution in [0.15, 0.2) is 48.5 Å². The molecule has 3 aromatic rings. The summed E-state index contributed by atoms with van der Waals surface area (Å²) in [5.41, 5.74) is 1.70. The van der Waals surface area contributed by atoms with Crippen molar-refractivity contribution >= 4 is 22.9 Å². The molecule has 29 heavy (non-hydrogen) atoms. The summed E-state index contributed by atoms with van der Waals surface area (Å²) in [6, 6.07) is 12.9. The second kappa shape index (κ2) is 8.81. The van der Waals surface area contributed by atoms with Crippen LogP contribution in [0.4, 0.5) is 8.78 Å². The van der Waals surface area contributed by atoms with E-state index in [-0.39, 0.29) is 18.1 Å². The maximum atomic E-state index is 12.8. The standard InChI is InChI=1S/C21H21F2N3O3/c1-12(2)29-18(27)11-16(13-6-4-3-5-7-13)26-21(28)14-8-9-15-17(10-14)25-20(24-15)19(22)23/h3-10,12,16,19H,11H2,1-2H3,(H,24,25)(H,26,28). The van der Waals surface area contributed by atoms with Crippen LogP contribution in [-0.4, -0.2) is 27.9 Å². The molecule has 2 N–H and O–H groups in total. The monoisotopic (exact) mass is 401 g/mol. The number of carbonyl (C=O) groups excluding carboxylic acids is 2. The molecule has 6 nitrogen and oxygen atoms in total. The van der Waals surface area contributed by atoms with Crippen molar-refractivity contribution in [3.05, 3.63) is 65.5 Å². The lowest BCUT2D eigenvalue weighted by Gasteiger charge is -2.19. The number of aromatic nitrogens is 2. The number of hydrogen-bond donors (Lipinski definition) is 2. The molecule has 1 amide bonds. The van der Waals surface area contributed by atoms with Crippen molar-refractivity contribution in [3.8, 4) is 0 Å². The van der Waals surface area contributed by atoms with Crippen molar-refractivity contribution in [2.45, 2.75) is 38.8 Å². The highest BCUT2D eigenvalue weighted by molar-refractivity contribution is 5.97. The molecule has 0 aliphatic heterocycles. The Bertz CT molecular complexity index is 1000. The van der Waals surface area contributed by atoms with Gasteiger partial charge in [0.05, 0.1) is 29.6 Å². The SMILES string of the molecule is CC(C)OC(=O)CC(NC(=O)c1ccc2nc(C(F)F)[nH]c2c1)c1ccccc1. The molecule has 0 fully saturated rings. The summed E-state index contributed by atoms with van der Waals surface area (Å²) in [6.07, 6.45) is -3.02. The van der Waals surface area contributed by atoms with Crippen LogP contribution in [-0.2, 0) is 9.53 Å². The van der Waals surface area contributed by atoms with E-state index in [4.69, 9.17) is 4.74 Å². The smallest absolute Gasteiger partial charge is 0.308 e. The number of halogens is 2. The van der Waals surface area contributed by atoms with Crippen LogP contribution in [0.3, 0.4) is 0 Å². The first-order chi connectivity index (χ1) is 13.8. The molecule has 0 aliphatic carbocycles. The summed E-state index contributed by atoms with van der Waals surface area (Å²) < 4.78 is 30.8. The van der Waals surface area contributed by atoms with Gasteiger partial charge in [0.15, 0.2) is 5.82 Å². The van der Waals surface area contributed by atoms with Crippen LogP contribution < -0.4 is 5.32 Å². The van der Waals surface area contributed by atoms with Crippen LogP contribution >= 0.6 is 0 Å². The number of esters is 1. The van der Waals surface area contributed by atoms with Gasteiger partial charge in [-0.05, 0) is 37.6 Å². The van der Waals surface area contributed by atoms with Gasteiger partial charge in [-0.2, -0.15) is 0 Å². The number of hydrogen-bond acceptors (Lipinski definition) is 4. The Labute approximate surface area is 166 Å². The molecule has 0 saturated heterocycles. The number of fused-ring (bicyclic) bond motifs is 1. The Balaban J connectivity index is 1.81. The lowest BCUT2D eigenvalue weighted by molar-refractivity contribution is -0.147. The van der Waals surface area contributed by atoms with E-state index in [9.17, 15) is 18.4 Å². The lowest BCUT2D eigenvalue weighted by atomic mass is 10.0. The number of alkyl halides is 2. The molecule has 2 aromatic carbocycles. The summed E-state index contributed by atoms with van der Waals surface area (Å²) in [5.74, 6) is -1.32. The van der Waals surface area contributed by atoms with Gasteiger partial charge < -0.3 is 15.0 Å². The molecule has 0 bridgehead atoms. The highest BCUT2D eigenvalue weighted by Crippen LogP contribution is 2.22. The molecule has 0 saturated carbocycles. The number of rotatable bonds is 7. The molecule has 1 heterocycles. The van der Waals surface area contributed by atoms with Gasteiger partial charge in [0.1, 0.15) is 0 Å². The first-order valence-electron chi connectivity index (χ1n) is 9.16. The molecule has 1 atom stereocenters. The fraction of sp³-hybridized carbons (Fsp3) is 0.286. The highest BCUT2D eigenvalue weighted by Gasteiger charge is 2.21. The van der Waals surface area contributed by atoms with E-state index in [0.717, 1.165) is 5.56 Å². The van der Waals surface area contributed by atoms with Crippen molar-refractivity contribution in [1.82, 2.24) is 15.3 Å². The zero-order chi connectivity index (χ0) is 21.0. The van der Waals surface area contributed by atoms with Crippen LogP contribution in [0.5, 0.6) is 0 Å². The third-order valence-corrected chi connectivity index (χ3v) is 4.21. The second-order valence-corrected chi connectivity index (χ2v) is 6.83. The number of H-pyrrole nitrogens is 1. The number of aromatic amines is 1. The van der Waals surface area contributed by atoms with Crippen LogP contribution in [0.25, 0.3) is 11.0 Å². The lowest BCUT2D eigenvalue weighted by Crippen LogP contribution is -2.31. The number of imidazole rings is 1. The second-order valence-electron chi connectivity index (χ2n) is 6.83. The summed E-state index contributed by atoms with van der Waals surface area (Å²) in [4.78, 5) is 31.2. The van der Waals surface area contributed by atoms with Gasteiger partial charge in [0.2, 0.25) is 0 Å². The normalized spacial score (nSPS) is 12.3. The molecule has 3 rings (SSSR count). The van der Waals surface area contributed by atoms with Crippen LogP contribution in [0.2, 0.25) is 0 Å². The minimum atomic E-state index is -2.73. The number of nitrogens with zero attached hydrogens (tertiary/aromatic N) is 1. The largest absolute Gasteiger partial charge is 0.463 e. The Hall–Kier alpha value is -3.29. The van der Waals surface area contributed by atoms with Crippen LogP contribution in [0, 0.1) is 0 Å². The molecule has 1 aromatic heterocycles. The fourth-order valence-electron chi connectivity index (χ4n) is 2.93. The molecule has 152 valence electrons. The third-order valence-electron chi connectivity index (χ3n) is 4.21. The molecule has 0 spiro atoms. The van der Waals surface area contributed by atoms with E-state index in [1.54, 1.807) is 26.0 Å². The highest BCUT2D eigenvalue weighted by atomic mass is 19.3. The van der Waals surface area contributed by atoms with Gasteiger partial charge in [-0.1, -0.05) is 30.3 Å². The topological polar surface area (TPSA) is 84.1 Å². The van der Waals surface area contributed by atoms with Crippen LogP contribution in [0.1, 0.15) is 54.5 Å². The Morgan fingerprint density at radius 2 is 1.86 bits per heavy atom. The van der Waals surface area contributed by atoms with Gasteiger partial charge >= 0.3 is 5.97 Å². The van der Waals surface area contributed by atoms with Gasteiger partial charge in [-0.25, -0.2) is 13.8 Å². The maximum Gasteiger partial charge on any atom is 0.308 e. The van der Waals surface area contributed by atoms with Gasteiger partial charge in [-0.15, -0.1) is 0 Å². The number of nitrogens with one attached hydrogen (secondary N) is 2. The molecule has 0 aliphatic rings. The van der Waals surface area contributed by atoms with Crippen molar-refractivity contribution in [1.29, 1.82) is 0 Å². The van der Waals surface area contributed by atoms with Gasteiger partial charge in [0, 0.05) is 5.56 Å². The van der Waals surface area contributed by atoms with E-state index in [2.05, 4.69) is 15.3 Å². The quantitative estimate of drug-likeness (QED) is 0.578. The van der Waals surface area contributed by atoms with E-state index in [0.29, 0.717) is 11.0 Å². The Morgan fingerprint density at radius 3 is 2.52 bits per heavy atom. The summed E-state index contributed by atoms with van der Waals surface area (Å²) in [6.45, 7) is 3.50. The maximum absolute atomic E-state index is 12.8. The van der Waals surface area contributed by atoms with E-state index in [1.165, 1.54) is 18.2 Å². The van der Waals surface area contributed by atoms with Crippen molar-refractivity contribution < 1.29 is 23.1 Å². The first-order valence-corrected chi connectivity index (χ1v) is 9.16. The third kappa shape index (κ3) is 5.16. The van der Waals surface area contributed by atoms with Gasteiger partial charge in [-0.3, -0.25) is 9.59 Å². The zero-order valence-corrected chi connectivity index (χ0v) is 16.0. The zero-order valence-electron chi connectivity index (χ0n) is 16.0. The minimum absolute atomic E-state index is 0.0320.